The molecule has 0 N–H and O–H groups in total. The molecule has 2 aromatic rings. The van der Waals surface area contributed by atoms with Crippen LogP contribution in [0.15, 0.2) is 54.6 Å². The maximum absolute atomic E-state index is 13.3. The lowest BCUT2D eigenvalue weighted by Crippen LogP contribution is -2.39. The zero-order valence-electron chi connectivity index (χ0n) is 15.8. The van der Waals surface area contributed by atoms with Gasteiger partial charge in [0, 0.05) is 18.0 Å². The molecule has 1 heterocycles. The molecule has 4 rings (SSSR count). The van der Waals surface area contributed by atoms with Gasteiger partial charge in [-0.05, 0) is 86.9 Å². The summed E-state index contributed by atoms with van der Waals surface area (Å²) in [7, 11) is 0. The van der Waals surface area contributed by atoms with Gasteiger partial charge in [-0.3, -0.25) is 4.79 Å². The maximum Gasteiger partial charge on any atom is 0.166 e. The molecule has 0 spiro atoms. The van der Waals surface area contributed by atoms with Crippen LogP contribution in [-0.4, -0.2) is 30.3 Å². The van der Waals surface area contributed by atoms with Gasteiger partial charge < -0.3 is 4.90 Å². The molecular formula is C24H28FNO. The summed E-state index contributed by atoms with van der Waals surface area (Å²) in [6.45, 7) is 3.44. The number of rotatable bonds is 7. The van der Waals surface area contributed by atoms with E-state index in [0.29, 0.717) is 11.5 Å². The topological polar surface area (TPSA) is 20.3 Å². The Labute approximate surface area is 161 Å². The first-order valence-electron chi connectivity index (χ1n) is 10.2. The highest BCUT2D eigenvalue weighted by atomic mass is 19.1. The fraction of sp³-hybridized carbons (Fsp3) is 0.458. The van der Waals surface area contributed by atoms with E-state index in [1.54, 1.807) is 12.1 Å². The van der Waals surface area contributed by atoms with Crippen LogP contribution in [0.5, 0.6) is 0 Å². The van der Waals surface area contributed by atoms with Gasteiger partial charge in [0.2, 0.25) is 0 Å². The minimum Gasteiger partial charge on any atom is -0.303 e. The molecule has 1 atom stereocenters. The summed E-state index contributed by atoms with van der Waals surface area (Å²) < 4.78 is 13.3. The number of carbonyl (C=O) groups excluding carboxylic acids is 1. The largest absolute Gasteiger partial charge is 0.303 e. The number of carbonyl (C=O) groups is 1. The lowest BCUT2D eigenvalue weighted by molar-refractivity contribution is 0.0792. The highest BCUT2D eigenvalue weighted by Gasteiger charge is 2.33. The quantitative estimate of drug-likeness (QED) is 0.644. The standard InChI is InChI=1S/C24H28FNO/c25-22-10-8-21(9-11-22)24(27)23(16-18-4-2-1-3-5-18)20-12-14-26(15-13-20)17-19-6-7-19/h1-5,8-11,19-20,23H,6-7,12-17H2. The summed E-state index contributed by atoms with van der Waals surface area (Å²) in [6.07, 6.45) is 5.71. The van der Waals surface area contributed by atoms with Gasteiger partial charge in [-0.25, -0.2) is 4.39 Å². The summed E-state index contributed by atoms with van der Waals surface area (Å²) in [5, 5.41) is 0. The molecule has 0 aromatic heterocycles. The lowest BCUT2D eigenvalue weighted by Gasteiger charge is -2.36. The van der Waals surface area contributed by atoms with Crippen LogP contribution in [0.3, 0.4) is 0 Å². The number of hydrogen-bond acceptors (Lipinski definition) is 2. The number of ketones is 1. The van der Waals surface area contributed by atoms with Crippen molar-refractivity contribution in [1.82, 2.24) is 4.90 Å². The molecule has 1 saturated carbocycles. The van der Waals surface area contributed by atoms with E-state index < -0.39 is 0 Å². The Bertz CT molecular complexity index is 746. The SMILES string of the molecule is O=C(c1ccc(F)cc1)C(Cc1ccccc1)C1CCN(CC2CC2)CC1. The van der Waals surface area contributed by atoms with E-state index in [-0.39, 0.29) is 17.5 Å². The first kappa shape index (κ1) is 18.4. The molecule has 1 aliphatic heterocycles. The van der Waals surface area contributed by atoms with Crippen molar-refractivity contribution in [3.8, 4) is 0 Å². The van der Waals surface area contributed by atoms with Crippen molar-refractivity contribution in [1.29, 1.82) is 0 Å². The van der Waals surface area contributed by atoms with E-state index in [1.165, 1.54) is 37.1 Å². The monoisotopic (exact) mass is 365 g/mol. The molecule has 1 unspecified atom stereocenters. The maximum atomic E-state index is 13.3. The summed E-state index contributed by atoms with van der Waals surface area (Å²) in [5.74, 6) is 1.17. The van der Waals surface area contributed by atoms with E-state index in [2.05, 4.69) is 17.0 Å². The smallest absolute Gasteiger partial charge is 0.166 e. The lowest BCUT2D eigenvalue weighted by atomic mass is 9.76. The molecular weight excluding hydrogens is 337 g/mol. The van der Waals surface area contributed by atoms with Crippen LogP contribution in [0.25, 0.3) is 0 Å². The highest BCUT2D eigenvalue weighted by molar-refractivity contribution is 5.98. The normalized spacial score (nSPS) is 19.7. The zero-order chi connectivity index (χ0) is 18.6. The molecule has 2 nitrogen and oxygen atoms in total. The molecule has 2 aliphatic rings. The van der Waals surface area contributed by atoms with Crippen molar-refractivity contribution in [2.75, 3.05) is 19.6 Å². The summed E-state index contributed by atoms with van der Waals surface area (Å²) in [6, 6.07) is 16.4. The van der Waals surface area contributed by atoms with Crippen molar-refractivity contribution in [2.45, 2.75) is 32.1 Å². The van der Waals surface area contributed by atoms with Crippen LogP contribution in [0.4, 0.5) is 4.39 Å². The van der Waals surface area contributed by atoms with Gasteiger partial charge >= 0.3 is 0 Å². The van der Waals surface area contributed by atoms with Gasteiger partial charge in [0.25, 0.3) is 0 Å². The first-order valence-corrected chi connectivity index (χ1v) is 10.2. The van der Waals surface area contributed by atoms with Crippen LogP contribution in [0.2, 0.25) is 0 Å². The summed E-state index contributed by atoms with van der Waals surface area (Å²) >= 11 is 0. The Hall–Kier alpha value is -2.00. The number of piperidine rings is 1. The second-order valence-electron chi connectivity index (χ2n) is 8.25. The molecule has 1 saturated heterocycles. The van der Waals surface area contributed by atoms with E-state index in [1.807, 2.05) is 18.2 Å². The van der Waals surface area contributed by atoms with Crippen molar-refractivity contribution in [3.05, 3.63) is 71.5 Å². The van der Waals surface area contributed by atoms with Gasteiger partial charge in [-0.15, -0.1) is 0 Å². The third-order valence-corrected chi connectivity index (χ3v) is 6.18. The van der Waals surface area contributed by atoms with Gasteiger partial charge in [-0.2, -0.15) is 0 Å². The van der Waals surface area contributed by atoms with Crippen LogP contribution < -0.4 is 0 Å². The number of likely N-dealkylation sites (tertiary alicyclic amines) is 1. The second kappa shape index (κ2) is 8.35. The van der Waals surface area contributed by atoms with Crippen LogP contribution in [0.1, 0.15) is 41.6 Å². The van der Waals surface area contributed by atoms with Crippen molar-refractivity contribution >= 4 is 5.78 Å². The third-order valence-electron chi connectivity index (χ3n) is 6.18. The Morgan fingerprint density at radius 2 is 1.63 bits per heavy atom. The minimum absolute atomic E-state index is 0.0269. The Morgan fingerprint density at radius 1 is 0.963 bits per heavy atom. The number of hydrogen-bond donors (Lipinski definition) is 0. The molecule has 0 radical (unpaired) electrons. The van der Waals surface area contributed by atoms with Gasteiger partial charge in [0.15, 0.2) is 5.78 Å². The van der Waals surface area contributed by atoms with Gasteiger partial charge in [-0.1, -0.05) is 30.3 Å². The fourth-order valence-corrected chi connectivity index (χ4v) is 4.37. The number of benzene rings is 2. The summed E-state index contributed by atoms with van der Waals surface area (Å²) in [4.78, 5) is 15.9. The molecule has 2 aromatic carbocycles. The van der Waals surface area contributed by atoms with Crippen molar-refractivity contribution < 1.29 is 9.18 Å². The van der Waals surface area contributed by atoms with Gasteiger partial charge in [0.05, 0.1) is 0 Å². The van der Waals surface area contributed by atoms with Crippen LogP contribution in [-0.2, 0) is 6.42 Å². The minimum atomic E-state index is -0.292. The molecule has 1 aliphatic carbocycles. The number of Topliss-reactive ketones (excluding diaryl/α,β-unsaturated/α-hetero) is 1. The average molecular weight is 365 g/mol. The Kier molecular flexibility index (Phi) is 5.68. The molecule has 3 heteroatoms. The van der Waals surface area contributed by atoms with Crippen LogP contribution in [0, 0.1) is 23.6 Å². The number of halogens is 1. The summed E-state index contributed by atoms with van der Waals surface area (Å²) in [5.41, 5.74) is 1.84. The van der Waals surface area contributed by atoms with Gasteiger partial charge in [0.1, 0.15) is 5.82 Å². The predicted octanol–water partition coefficient (Wildman–Crippen LogP) is 4.99. The molecule has 2 fully saturated rings. The third kappa shape index (κ3) is 4.84. The van der Waals surface area contributed by atoms with E-state index in [9.17, 15) is 9.18 Å². The Balaban J connectivity index is 1.48. The number of nitrogens with zero attached hydrogens (tertiary/aromatic N) is 1. The van der Waals surface area contributed by atoms with E-state index in [4.69, 9.17) is 0 Å². The predicted molar refractivity (Wildman–Crippen MR) is 106 cm³/mol. The van der Waals surface area contributed by atoms with Crippen molar-refractivity contribution in [2.24, 2.45) is 17.8 Å². The van der Waals surface area contributed by atoms with Crippen molar-refractivity contribution in [3.63, 3.8) is 0 Å². The average Bonchev–Trinajstić information content (AvgIpc) is 3.52. The zero-order valence-corrected chi connectivity index (χ0v) is 15.8. The molecule has 142 valence electrons. The molecule has 0 bridgehead atoms. The first-order chi connectivity index (χ1) is 13.2. The fourth-order valence-electron chi connectivity index (χ4n) is 4.37. The van der Waals surface area contributed by atoms with Crippen LogP contribution >= 0.6 is 0 Å². The van der Waals surface area contributed by atoms with E-state index in [0.717, 1.165) is 38.3 Å². The Morgan fingerprint density at radius 3 is 2.26 bits per heavy atom. The van der Waals surface area contributed by atoms with E-state index >= 15 is 0 Å². The highest BCUT2D eigenvalue weighted by Crippen LogP contribution is 2.34. The second-order valence-corrected chi connectivity index (χ2v) is 8.25. The molecule has 27 heavy (non-hydrogen) atoms. The molecule has 0 amide bonds.